The number of carbonyl (C=O) groups excluding carboxylic acids is 1. The van der Waals surface area contributed by atoms with Crippen molar-refractivity contribution in [2.24, 2.45) is 14.1 Å². The molecule has 1 unspecified atom stereocenters. The van der Waals surface area contributed by atoms with Gasteiger partial charge < -0.3 is 15.0 Å². The number of aryl methyl sites for hydroxylation is 1. The van der Waals surface area contributed by atoms with Crippen LogP contribution in [0.5, 0.6) is 0 Å². The lowest BCUT2D eigenvalue weighted by atomic mass is 10.3. The number of rotatable bonds is 5. The lowest BCUT2D eigenvalue weighted by molar-refractivity contribution is -0.122. The predicted molar refractivity (Wildman–Crippen MR) is 92.5 cm³/mol. The number of aromatic nitrogens is 4. The molecule has 0 radical (unpaired) electrons. The fourth-order valence-corrected chi connectivity index (χ4v) is 3.23. The van der Waals surface area contributed by atoms with Crippen LogP contribution in [0.25, 0.3) is 11.2 Å². The smallest absolute Gasteiger partial charge is 0.332 e. The third-order valence-electron chi connectivity index (χ3n) is 3.90. The molecule has 0 aromatic carbocycles. The average molecular weight is 363 g/mol. The first-order valence-electron chi connectivity index (χ1n) is 7.49. The maximum atomic E-state index is 12.3. The van der Waals surface area contributed by atoms with E-state index in [-0.39, 0.29) is 30.2 Å². The average Bonchev–Trinajstić information content (AvgIpc) is 3.26. The Balaban J connectivity index is 1.78. The Labute approximate surface area is 145 Å². The summed E-state index contributed by atoms with van der Waals surface area (Å²) in [6.07, 6.45) is 0.568. The Morgan fingerprint density at radius 3 is 2.80 bits per heavy atom. The van der Waals surface area contributed by atoms with E-state index in [0.29, 0.717) is 0 Å². The third kappa shape index (κ3) is 3.13. The monoisotopic (exact) mass is 363 g/mol. The van der Waals surface area contributed by atoms with Crippen molar-refractivity contribution in [3.05, 3.63) is 49.6 Å². The van der Waals surface area contributed by atoms with Gasteiger partial charge in [-0.25, -0.2) is 9.78 Å². The SMILES string of the molecule is Cn1c(=O)c2c(ncn2CC(=O)NCC(O)c2cccs2)n(C)c1=O. The van der Waals surface area contributed by atoms with Crippen molar-refractivity contribution in [3.63, 3.8) is 0 Å². The number of nitrogens with one attached hydrogen (secondary N) is 1. The van der Waals surface area contributed by atoms with Gasteiger partial charge in [-0.05, 0) is 11.4 Å². The van der Waals surface area contributed by atoms with Crippen molar-refractivity contribution in [1.82, 2.24) is 24.0 Å². The zero-order valence-corrected chi connectivity index (χ0v) is 14.5. The summed E-state index contributed by atoms with van der Waals surface area (Å²) in [7, 11) is 2.89. The molecule has 9 nitrogen and oxygen atoms in total. The van der Waals surface area contributed by atoms with E-state index < -0.39 is 17.4 Å². The maximum Gasteiger partial charge on any atom is 0.332 e. The molecule has 2 N–H and O–H groups in total. The minimum absolute atomic E-state index is 0.0719. The van der Waals surface area contributed by atoms with Crippen molar-refractivity contribution in [1.29, 1.82) is 0 Å². The molecule has 0 aliphatic carbocycles. The highest BCUT2D eigenvalue weighted by Gasteiger charge is 2.16. The maximum absolute atomic E-state index is 12.3. The number of imidazole rings is 1. The summed E-state index contributed by atoms with van der Waals surface area (Å²) in [5.41, 5.74) is -0.591. The van der Waals surface area contributed by atoms with Crippen molar-refractivity contribution < 1.29 is 9.90 Å². The van der Waals surface area contributed by atoms with Crippen LogP contribution in [-0.4, -0.2) is 36.2 Å². The van der Waals surface area contributed by atoms with E-state index in [2.05, 4.69) is 10.3 Å². The molecule has 3 heterocycles. The lowest BCUT2D eigenvalue weighted by Crippen LogP contribution is -2.38. The predicted octanol–water partition coefficient (Wildman–Crippen LogP) is -0.655. The summed E-state index contributed by atoms with van der Waals surface area (Å²) in [5.74, 6) is -0.370. The normalized spacial score (nSPS) is 12.4. The molecule has 3 aromatic heterocycles. The summed E-state index contributed by atoms with van der Waals surface area (Å²) in [6, 6.07) is 3.61. The molecule has 0 fully saturated rings. The van der Waals surface area contributed by atoms with Crippen LogP contribution in [0.4, 0.5) is 0 Å². The van der Waals surface area contributed by atoms with Crippen molar-refractivity contribution >= 4 is 28.4 Å². The van der Waals surface area contributed by atoms with Gasteiger partial charge in [0.1, 0.15) is 12.6 Å². The summed E-state index contributed by atoms with van der Waals surface area (Å²) < 4.78 is 3.62. The van der Waals surface area contributed by atoms with Crippen LogP contribution in [-0.2, 0) is 25.4 Å². The van der Waals surface area contributed by atoms with Gasteiger partial charge in [0.2, 0.25) is 5.91 Å². The molecule has 3 aromatic rings. The van der Waals surface area contributed by atoms with Crippen molar-refractivity contribution in [2.45, 2.75) is 12.6 Å². The Morgan fingerprint density at radius 1 is 1.36 bits per heavy atom. The summed E-state index contributed by atoms with van der Waals surface area (Å²) >= 11 is 1.40. The second kappa shape index (κ2) is 6.65. The molecule has 132 valence electrons. The highest BCUT2D eigenvalue weighted by atomic mass is 32.1. The molecule has 1 amide bonds. The first-order valence-corrected chi connectivity index (χ1v) is 8.37. The van der Waals surface area contributed by atoms with Crippen LogP contribution in [0, 0.1) is 0 Å². The van der Waals surface area contributed by atoms with E-state index >= 15 is 0 Å². The van der Waals surface area contributed by atoms with E-state index in [1.807, 2.05) is 11.4 Å². The highest BCUT2D eigenvalue weighted by Crippen LogP contribution is 2.17. The number of aliphatic hydroxyl groups excluding tert-OH is 1. The number of nitrogens with zero attached hydrogens (tertiary/aromatic N) is 4. The van der Waals surface area contributed by atoms with Crippen LogP contribution in [0.1, 0.15) is 11.0 Å². The number of aliphatic hydroxyl groups is 1. The zero-order chi connectivity index (χ0) is 18.1. The minimum Gasteiger partial charge on any atom is -0.386 e. The fourth-order valence-electron chi connectivity index (χ4n) is 2.52. The summed E-state index contributed by atoms with van der Waals surface area (Å²) in [5, 5.41) is 14.5. The first kappa shape index (κ1) is 17.1. The molecule has 0 bridgehead atoms. The number of fused-ring (bicyclic) bond motifs is 1. The van der Waals surface area contributed by atoms with Crippen LogP contribution in [0.2, 0.25) is 0 Å². The first-order chi connectivity index (χ1) is 11.9. The van der Waals surface area contributed by atoms with Gasteiger partial charge in [0.25, 0.3) is 5.56 Å². The molecule has 0 saturated heterocycles. The second-order valence-corrected chi connectivity index (χ2v) is 6.57. The van der Waals surface area contributed by atoms with Gasteiger partial charge in [0.05, 0.1) is 6.33 Å². The molecular formula is C15H17N5O4S. The van der Waals surface area contributed by atoms with Crippen LogP contribution < -0.4 is 16.6 Å². The van der Waals surface area contributed by atoms with Gasteiger partial charge >= 0.3 is 5.69 Å². The number of thiophene rings is 1. The van der Waals surface area contributed by atoms with Gasteiger partial charge in [-0.15, -0.1) is 11.3 Å². The molecule has 10 heteroatoms. The quantitative estimate of drug-likeness (QED) is 0.625. The van der Waals surface area contributed by atoms with E-state index in [9.17, 15) is 19.5 Å². The molecule has 1 atom stereocenters. The number of hydrogen-bond donors (Lipinski definition) is 2. The molecule has 0 aliphatic rings. The second-order valence-electron chi connectivity index (χ2n) is 5.59. The van der Waals surface area contributed by atoms with Gasteiger partial charge in [0.15, 0.2) is 11.2 Å². The largest absolute Gasteiger partial charge is 0.386 e. The van der Waals surface area contributed by atoms with Crippen molar-refractivity contribution in [3.8, 4) is 0 Å². The van der Waals surface area contributed by atoms with Gasteiger partial charge in [0, 0.05) is 25.5 Å². The minimum atomic E-state index is -0.780. The van der Waals surface area contributed by atoms with E-state index in [1.54, 1.807) is 6.07 Å². The van der Waals surface area contributed by atoms with Crippen LogP contribution in [0.15, 0.2) is 33.4 Å². The Kier molecular flexibility index (Phi) is 4.55. The zero-order valence-electron chi connectivity index (χ0n) is 13.7. The Hall–Kier alpha value is -2.72. The summed E-state index contributed by atoms with van der Waals surface area (Å²) in [6.45, 7) is -0.0659. The number of carbonyl (C=O) groups is 1. The molecule has 3 rings (SSSR count). The molecule has 25 heavy (non-hydrogen) atoms. The highest BCUT2D eigenvalue weighted by molar-refractivity contribution is 7.10. The van der Waals surface area contributed by atoms with Gasteiger partial charge in [-0.3, -0.25) is 18.7 Å². The molecule has 0 aliphatic heterocycles. The fraction of sp³-hybridized carbons (Fsp3) is 0.333. The number of hydrogen-bond acceptors (Lipinski definition) is 6. The van der Waals surface area contributed by atoms with Crippen LogP contribution in [0.3, 0.4) is 0 Å². The molecule has 0 spiro atoms. The van der Waals surface area contributed by atoms with Crippen LogP contribution >= 0.6 is 11.3 Å². The Bertz CT molecular complexity index is 1030. The van der Waals surface area contributed by atoms with E-state index in [0.717, 1.165) is 9.44 Å². The van der Waals surface area contributed by atoms with E-state index in [4.69, 9.17) is 0 Å². The van der Waals surface area contributed by atoms with Crippen molar-refractivity contribution in [2.75, 3.05) is 6.54 Å². The Morgan fingerprint density at radius 2 is 2.12 bits per heavy atom. The molecular weight excluding hydrogens is 346 g/mol. The topological polar surface area (TPSA) is 111 Å². The lowest BCUT2D eigenvalue weighted by Gasteiger charge is -2.11. The van der Waals surface area contributed by atoms with E-state index in [1.165, 1.54) is 40.9 Å². The summed E-state index contributed by atoms with van der Waals surface area (Å²) in [4.78, 5) is 41.1. The standard InChI is InChI=1S/C15H17N5O4S/c1-18-13-12(14(23)19(2)15(18)24)20(8-17-13)7-11(22)16-6-9(21)10-4-3-5-25-10/h3-5,8-9,21H,6-7H2,1-2H3,(H,16,22). The van der Waals surface area contributed by atoms with Gasteiger partial charge in [-0.2, -0.15) is 0 Å². The number of amides is 1. The van der Waals surface area contributed by atoms with Gasteiger partial charge in [-0.1, -0.05) is 6.07 Å². The molecule has 0 saturated carbocycles. The third-order valence-corrected chi connectivity index (χ3v) is 4.87.